The monoisotopic (exact) mass is 263 g/mol. The Balaban J connectivity index is 3.20. The topological polar surface area (TPSA) is 49.6 Å². The van der Waals surface area contributed by atoms with E-state index in [4.69, 9.17) is 5.73 Å². The van der Waals surface area contributed by atoms with Gasteiger partial charge in [0.1, 0.15) is 0 Å². The number of hydrogen-bond acceptors (Lipinski definition) is 3. The normalized spacial score (nSPS) is 12.1. The number of rotatable bonds is 5. The van der Waals surface area contributed by atoms with Crippen molar-refractivity contribution in [1.29, 1.82) is 0 Å². The molecular weight excluding hydrogens is 238 g/mol. The van der Waals surface area contributed by atoms with Crippen LogP contribution in [0.25, 0.3) is 0 Å². The molecule has 0 spiro atoms. The maximum Gasteiger partial charge on any atom is 0.256 e. The number of carbonyl (C=O) groups excluding carboxylic acids is 1. The summed E-state index contributed by atoms with van der Waals surface area (Å²) in [7, 11) is 3.86. The van der Waals surface area contributed by atoms with E-state index in [0.29, 0.717) is 17.8 Å². The number of hydrogen-bond donors (Lipinski definition) is 1. The Labute approximate surface area is 116 Å². The molecule has 4 nitrogen and oxygen atoms in total. The summed E-state index contributed by atoms with van der Waals surface area (Å²) >= 11 is 0. The zero-order valence-electron chi connectivity index (χ0n) is 12.6. The van der Waals surface area contributed by atoms with Gasteiger partial charge in [0.05, 0.1) is 5.56 Å². The molecule has 0 aliphatic carbocycles. The van der Waals surface area contributed by atoms with E-state index in [9.17, 15) is 4.79 Å². The molecule has 1 atom stereocenters. The Kier molecular flexibility index (Phi) is 5.21. The number of nitrogens with two attached hydrogens (primary N) is 1. The van der Waals surface area contributed by atoms with Gasteiger partial charge in [-0.05, 0) is 38.5 Å². The number of benzene rings is 1. The molecule has 0 aliphatic rings. The van der Waals surface area contributed by atoms with Crippen LogP contribution in [0.2, 0.25) is 0 Å². The van der Waals surface area contributed by atoms with Crippen molar-refractivity contribution in [3.63, 3.8) is 0 Å². The fourth-order valence-electron chi connectivity index (χ4n) is 2.15. The molecule has 1 aromatic rings. The molecular formula is C15H25N3O. The first-order valence-electron chi connectivity index (χ1n) is 6.80. The summed E-state index contributed by atoms with van der Waals surface area (Å²) in [5.41, 5.74) is 8.02. The standard InChI is InChI=1S/C15H25N3O/c1-6-11(3)18(7-2)15(19)13-10-12(16)8-9-14(13)17(4)5/h8-11H,6-7,16H2,1-5H3. The molecule has 0 fully saturated rings. The lowest BCUT2D eigenvalue weighted by molar-refractivity contribution is 0.0700. The molecule has 0 heterocycles. The maximum atomic E-state index is 12.7. The van der Waals surface area contributed by atoms with E-state index < -0.39 is 0 Å². The van der Waals surface area contributed by atoms with Gasteiger partial charge in [-0.25, -0.2) is 0 Å². The lowest BCUT2D eigenvalue weighted by atomic mass is 10.1. The van der Waals surface area contributed by atoms with Crippen LogP contribution in [0.1, 0.15) is 37.6 Å². The predicted octanol–water partition coefficient (Wildman–Crippen LogP) is 2.60. The Morgan fingerprint density at radius 2 is 1.95 bits per heavy atom. The van der Waals surface area contributed by atoms with E-state index in [1.807, 2.05) is 43.0 Å². The third kappa shape index (κ3) is 3.40. The SMILES string of the molecule is CCC(C)N(CC)C(=O)c1cc(N)ccc1N(C)C. The second kappa shape index (κ2) is 6.45. The highest BCUT2D eigenvalue weighted by Gasteiger charge is 2.22. The Morgan fingerprint density at radius 3 is 2.42 bits per heavy atom. The fraction of sp³-hybridized carbons (Fsp3) is 0.533. The van der Waals surface area contributed by atoms with Crippen molar-refractivity contribution in [3.05, 3.63) is 23.8 Å². The summed E-state index contributed by atoms with van der Waals surface area (Å²) in [6.07, 6.45) is 0.944. The number of nitrogens with zero attached hydrogens (tertiary/aromatic N) is 2. The van der Waals surface area contributed by atoms with E-state index in [-0.39, 0.29) is 11.9 Å². The summed E-state index contributed by atoms with van der Waals surface area (Å²) in [5, 5.41) is 0. The van der Waals surface area contributed by atoms with Gasteiger partial charge in [0.15, 0.2) is 0 Å². The van der Waals surface area contributed by atoms with Gasteiger partial charge < -0.3 is 15.5 Å². The summed E-state index contributed by atoms with van der Waals surface area (Å²) in [4.78, 5) is 16.5. The maximum absolute atomic E-state index is 12.7. The van der Waals surface area contributed by atoms with E-state index in [1.54, 1.807) is 6.07 Å². The third-order valence-electron chi connectivity index (χ3n) is 3.46. The fourth-order valence-corrected chi connectivity index (χ4v) is 2.15. The molecule has 0 aromatic heterocycles. The highest BCUT2D eigenvalue weighted by molar-refractivity contribution is 6.00. The van der Waals surface area contributed by atoms with Crippen molar-refractivity contribution >= 4 is 17.3 Å². The van der Waals surface area contributed by atoms with Crippen LogP contribution in [0, 0.1) is 0 Å². The Bertz CT molecular complexity index is 443. The third-order valence-corrected chi connectivity index (χ3v) is 3.46. The molecule has 0 saturated heterocycles. The number of carbonyl (C=O) groups is 1. The first-order valence-corrected chi connectivity index (χ1v) is 6.80. The van der Waals surface area contributed by atoms with Gasteiger partial charge in [-0.3, -0.25) is 4.79 Å². The van der Waals surface area contributed by atoms with E-state index >= 15 is 0 Å². The molecule has 0 saturated carbocycles. The van der Waals surface area contributed by atoms with Crippen molar-refractivity contribution in [2.45, 2.75) is 33.2 Å². The molecule has 0 bridgehead atoms. The van der Waals surface area contributed by atoms with Crippen LogP contribution in [0.4, 0.5) is 11.4 Å². The van der Waals surface area contributed by atoms with Crippen LogP contribution in [0.15, 0.2) is 18.2 Å². The van der Waals surface area contributed by atoms with Gasteiger partial charge in [0, 0.05) is 38.1 Å². The second-order valence-electron chi connectivity index (χ2n) is 5.02. The van der Waals surface area contributed by atoms with E-state index in [1.165, 1.54) is 0 Å². The molecule has 1 amide bonds. The lowest BCUT2D eigenvalue weighted by Gasteiger charge is -2.29. The number of amides is 1. The molecule has 1 aromatic carbocycles. The highest BCUT2D eigenvalue weighted by atomic mass is 16.2. The largest absolute Gasteiger partial charge is 0.399 e. The summed E-state index contributed by atoms with van der Waals surface area (Å²) < 4.78 is 0. The predicted molar refractivity (Wildman–Crippen MR) is 81.6 cm³/mol. The molecule has 0 radical (unpaired) electrons. The Hall–Kier alpha value is -1.71. The molecule has 19 heavy (non-hydrogen) atoms. The van der Waals surface area contributed by atoms with Crippen LogP contribution in [-0.4, -0.2) is 37.5 Å². The average molecular weight is 263 g/mol. The second-order valence-corrected chi connectivity index (χ2v) is 5.02. The van der Waals surface area contributed by atoms with Crippen molar-refractivity contribution in [3.8, 4) is 0 Å². The van der Waals surface area contributed by atoms with Gasteiger partial charge in [0.2, 0.25) is 0 Å². The molecule has 106 valence electrons. The summed E-state index contributed by atoms with van der Waals surface area (Å²) in [6, 6.07) is 5.72. The minimum Gasteiger partial charge on any atom is -0.399 e. The van der Waals surface area contributed by atoms with Gasteiger partial charge in [0.25, 0.3) is 5.91 Å². The smallest absolute Gasteiger partial charge is 0.256 e. The Morgan fingerprint density at radius 1 is 1.32 bits per heavy atom. The van der Waals surface area contributed by atoms with Crippen molar-refractivity contribution in [2.75, 3.05) is 31.3 Å². The average Bonchev–Trinajstić information content (AvgIpc) is 2.38. The quantitative estimate of drug-likeness (QED) is 0.831. The van der Waals surface area contributed by atoms with Crippen LogP contribution < -0.4 is 10.6 Å². The molecule has 2 N–H and O–H groups in total. The van der Waals surface area contributed by atoms with Crippen molar-refractivity contribution < 1.29 is 4.79 Å². The lowest BCUT2D eigenvalue weighted by Crippen LogP contribution is -2.38. The minimum atomic E-state index is 0.0489. The van der Waals surface area contributed by atoms with E-state index in [2.05, 4.69) is 13.8 Å². The van der Waals surface area contributed by atoms with Gasteiger partial charge in [-0.2, -0.15) is 0 Å². The highest BCUT2D eigenvalue weighted by Crippen LogP contribution is 2.24. The molecule has 0 aliphatic heterocycles. The first-order chi connectivity index (χ1) is 8.92. The number of nitrogen functional groups attached to an aromatic ring is 1. The van der Waals surface area contributed by atoms with Crippen LogP contribution in [-0.2, 0) is 0 Å². The molecule has 1 unspecified atom stereocenters. The molecule has 4 heteroatoms. The first kappa shape index (κ1) is 15.3. The van der Waals surface area contributed by atoms with Crippen molar-refractivity contribution in [1.82, 2.24) is 4.90 Å². The summed E-state index contributed by atoms with van der Waals surface area (Å²) in [5.74, 6) is 0.0489. The van der Waals surface area contributed by atoms with Crippen LogP contribution >= 0.6 is 0 Å². The molecule has 1 rings (SSSR count). The van der Waals surface area contributed by atoms with Crippen LogP contribution in [0.5, 0.6) is 0 Å². The van der Waals surface area contributed by atoms with E-state index in [0.717, 1.165) is 12.1 Å². The van der Waals surface area contributed by atoms with Crippen LogP contribution in [0.3, 0.4) is 0 Å². The van der Waals surface area contributed by atoms with Gasteiger partial charge in [-0.15, -0.1) is 0 Å². The van der Waals surface area contributed by atoms with Gasteiger partial charge in [-0.1, -0.05) is 6.92 Å². The summed E-state index contributed by atoms with van der Waals surface area (Å²) in [6.45, 7) is 6.87. The van der Waals surface area contributed by atoms with Crippen molar-refractivity contribution in [2.24, 2.45) is 0 Å². The minimum absolute atomic E-state index is 0.0489. The van der Waals surface area contributed by atoms with Gasteiger partial charge >= 0.3 is 0 Å². The number of anilines is 2. The zero-order chi connectivity index (χ0) is 14.6. The zero-order valence-corrected chi connectivity index (χ0v) is 12.6.